The Morgan fingerprint density at radius 1 is 1.08 bits per heavy atom. The second-order valence-electron chi connectivity index (χ2n) is 5.87. The molecule has 25 heavy (non-hydrogen) atoms. The second-order valence-corrected chi connectivity index (χ2v) is 5.87. The summed E-state index contributed by atoms with van der Waals surface area (Å²) in [5, 5.41) is 4.40. The van der Waals surface area contributed by atoms with E-state index in [9.17, 15) is 4.79 Å². The van der Waals surface area contributed by atoms with Gasteiger partial charge in [-0.2, -0.15) is 0 Å². The quantitative estimate of drug-likeness (QED) is 0.665. The van der Waals surface area contributed by atoms with Crippen molar-refractivity contribution in [2.24, 2.45) is 0 Å². The minimum absolute atomic E-state index is 0.329. The van der Waals surface area contributed by atoms with Crippen molar-refractivity contribution in [1.82, 2.24) is 4.98 Å². The van der Waals surface area contributed by atoms with Gasteiger partial charge in [-0.25, -0.2) is 4.79 Å². The van der Waals surface area contributed by atoms with E-state index in [1.807, 2.05) is 24.3 Å². The monoisotopic (exact) mass is 334 g/mol. The smallest absolute Gasteiger partial charge is 0.341 e. The van der Waals surface area contributed by atoms with Gasteiger partial charge < -0.3 is 10.1 Å². The number of benzene rings is 2. The van der Waals surface area contributed by atoms with Crippen LogP contribution in [0.5, 0.6) is 0 Å². The number of anilines is 2. The molecule has 4 nitrogen and oxygen atoms in total. The maximum atomic E-state index is 12.4. The molecule has 0 aliphatic carbocycles. The Labute approximate surface area is 147 Å². The van der Waals surface area contributed by atoms with Crippen molar-refractivity contribution >= 4 is 28.2 Å². The number of fused-ring (bicyclic) bond motifs is 1. The molecule has 4 heteroatoms. The van der Waals surface area contributed by atoms with E-state index in [0.29, 0.717) is 12.2 Å². The first-order valence-corrected chi connectivity index (χ1v) is 8.56. The third-order valence-corrected chi connectivity index (χ3v) is 4.26. The van der Waals surface area contributed by atoms with Crippen molar-refractivity contribution in [2.45, 2.75) is 27.2 Å². The van der Waals surface area contributed by atoms with Crippen LogP contribution in [-0.4, -0.2) is 17.6 Å². The first kappa shape index (κ1) is 17.0. The number of ether oxygens (including phenoxy) is 1. The Hall–Kier alpha value is -2.88. The molecule has 0 spiro atoms. The highest BCUT2D eigenvalue weighted by atomic mass is 16.5. The fourth-order valence-electron chi connectivity index (χ4n) is 2.97. The number of carbonyl (C=O) groups excluding carboxylic acids is 1. The molecule has 0 radical (unpaired) electrons. The normalized spacial score (nSPS) is 10.7. The van der Waals surface area contributed by atoms with Crippen LogP contribution in [0.1, 0.15) is 35.3 Å². The van der Waals surface area contributed by atoms with Gasteiger partial charge in [-0.1, -0.05) is 43.3 Å². The summed E-state index contributed by atoms with van der Waals surface area (Å²) in [4.78, 5) is 16.8. The lowest BCUT2D eigenvalue weighted by Crippen LogP contribution is -2.10. The molecule has 0 saturated heterocycles. The average molecular weight is 334 g/mol. The lowest BCUT2D eigenvalue weighted by Gasteiger charge is -2.18. The van der Waals surface area contributed by atoms with Gasteiger partial charge in [0, 0.05) is 17.3 Å². The van der Waals surface area contributed by atoms with Gasteiger partial charge in [-0.3, -0.25) is 4.98 Å². The molecule has 1 N–H and O–H groups in total. The molecule has 1 heterocycles. The van der Waals surface area contributed by atoms with Crippen LogP contribution in [0, 0.1) is 6.92 Å². The topological polar surface area (TPSA) is 51.2 Å². The fourth-order valence-corrected chi connectivity index (χ4v) is 2.97. The molecule has 128 valence electrons. The minimum atomic E-state index is -0.366. The largest absolute Gasteiger partial charge is 0.462 e. The molecular formula is C21H22N2O2. The van der Waals surface area contributed by atoms with Gasteiger partial charge in [0.2, 0.25) is 0 Å². The predicted octanol–water partition coefficient (Wildman–Crippen LogP) is 5.03. The molecular weight excluding hydrogens is 312 g/mol. The van der Waals surface area contributed by atoms with Crippen LogP contribution < -0.4 is 5.32 Å². The summed E-state index contributed by atoms with van der Waals surface area (Å²) in [5.41, 5.74) is 5.40. The van der Waals surface area contributed by atoms with Crippen LogP contribution in [0.4, 0.5) is 11.4 Å². The Bertz CT molecular complexity index is 919. The number of hydrogen-bond acceptors (Lipinski definition) is 4. The van der Waals surface area contributed by atoms with Crippen LogP contribution in [0.15, 0.2) is 48.7 Å². The lowest BCUT2D eigenvalue weighted by atomic mass is 10.0. The first-order chi connectivity index (χ1) is 12.2. The second kappa shape index (κ2) is 7.34. The molecule has 0 aliphatic heterocycles. The number of aromatic nitrogens is 1. The van der Waals surface area contributed by atoms with E-state index >= 15 is 0 Å². The molecule has 0 aliphatic rings. The number of nitrogens with one attached hydrogen (secondary N) is 1. The van der Waals surface area contributed by atoms with Crippen molar-refractivity contribution < 1.29 is 9.53 Å². The third-order valence-electron chi connectivity index (χ3n) is 4.26. The van der Waals surface area contributed by atoms with E-state index in [1.165, 1.54) is 5.56 Å². The van der Waals surface area contributed by atoms with E-state index < -0.39 is 0 Å². The highest BCUT2D eigenvalue weighted by Gasteiger charge is 2.18. The first-order valence-electron chi connectivity index (χ1n) is 8.56. The predicted molar refractivity (Wildman–Crippen MR) is 102 cm³/mol. The summed E-state index contributed by atoms with van der Waals surface area (Å²) in [6.45, 7) is 6.32. The molecule has 0 amide bonds. The highest BCUT2D eigenvalue weighted by molar-refractivity contribution is 6.06. The summed E-state index contributed by atoms with van der Waals surface area (Å²) in [6, 6.07) is 14.0. The third kappa shape index (κ3) is 3.33. The molecule has 0 unspecified atom stereocenters. The van der Waals surface area contributed by atoms with Crippen LogP contribution >= 0.6 is 0 Å². The molecule has 3 aromatic rings. The SMILES string of the molecule is CCOC(=O)c1cnc2ccccc2c1Nc1c(C)cccc1CC. The van der Waals surface area contributed by atoms with Crippen molar-refractivity contribution in [3.63, 3.8) is 0 Å². The molecule has 3 rings (SSSR count). The van der Waals surface area contributed by atoms with Crippen molar-refractivity contribution in [2.75, 3.05) is 11.9 Å². The molecule has 0 fully saturated rings. The summed E-state index contributed by atoms with van der Waals surface area (Å²) in [7, 11) is 0. The zero-order valence-corrected chi connectivity index (χ0v) is 14.8. The maximum absolute atomic E-state index is 12.4. The molecule has 1 aromatic heterocycles. The van der Waals surface area contributed by atoms with Crippen LogP contribution in [0.25, 0.3) is 10.9 Å². The van der Waals surface area contributed by atoms with E-state index in [0.717, 1.165) is 34.3 Å². The summed E-state index contributed by atoms with van der Waals surface area (Å²) >= 11 is 0. The van der Waals surface area contributed by atoms with E-state index in [2.05, 4.69) is 42.3 Å². The molecule has 2 aromatic carbocycles. The number of aryl methyl sites for hydroxylation is 2. The van der Waals surface area contributed by atoms with Gasteiger partial charge in [0.05, 0.1) is 17.8 Å². The summed E-state index contributed by atoms with van der Waals surface area (Å²) in [5.74, 6) is -0.366. The van der Waals surface area contributed by atoms with E-state index in [-0.39, 0.29) is 5.97 Å². The summed E-state index contributed by atoms with van der Waals surface area (Å²) in [6.07, 6.45) is 2.49. The number of esters is 1. The van der Waals surface area contributed by atoms with Crippen molar-refractivity contribution in [3.05, 3.63) is 65.4 Å². The molecule has 0 bridgehead atoms. The van der Waals surface area contributed by atoms with Gasteiger partial charge in [-0.15, -0.1) is 0 Å². The van der Waals surface area contributed by atoms with Crippen molar-refractivity contribution in [3.8, 4) is 0 Å². The summed E-state index contributed by atoms with van der Waals surface area (Å²) < 4.78 is 5.22. The maximum Gasteiger partial charge on any atom is 0.341 e. The standard InChI is InChI=1S/C21H22N2O2/c1-4-15-10-8-9-14(3)19(15)23-20-16-11-6-7-12-18(16)22-13-17(20)21(24)25-5-2/h6-13H,4-5H2,1-3H3,(H,22,23). The zero-order chi connectivity index (χ0) is 17.8. The van der Waals surface area contributed by atoms with Crippen LogP contribution in [0.2, 0.25) is 0 Å². The number of hydrogen-bond donors (Lipinski definition) is 1. The number of pyridine rings is 1. The Balaban J connectivity index is 2.20. The Morgan fingerprint density at radius 2 is 1.88 bits per heavy atom. The minimum Gasteiger partial charge on any atom is -0.462 e. The zero-order valence-electron chi connectivity index (χ0n) is 14.8. The van der Waals surface area contributed by atoms with Gasteiger partial charge in [0.25, 0.3) is 0 Å². The van der Waals surface area contributed by atoms with Gasteiger partial charge in [0.15, 0.2) is 0 Å². The van der Waals surface area contributed by atoms with Gasteiger partial charge >= 0.3 is 5.97 Å². The van der Waals surface area contributed by atoms with E-state index in [4.69, 9.17) is 4.74 Å². The van der Waals surface area contributed by atoms with Gasteiger partial charge in [-0.05, 0) is 37.5 Å². The Kier molecular flexibility index (Phi) is 4.98. The fraction of sp³-hybridized carbons (Fsp3) is 0.238. The number of carbonyl (C=O) groups is 1. The van der Waals surface area contributed by atoms with Crippen molar-refractivity contribution in [1.29, 1.82) is 0 Å². The molecule has 0 atom stereocenters. The van der Waals surface area contributed by atoms with Crippen LogP contribution in [-0.2, 0) is 11.2 Å². The molecule has 0 saturated carbocycles. The number of rotatable bonds is 5. The highest BCUT2D eigenvalue weighted by Crippen LogP contribution is 2.32. The number of para-hydroxylation sites is 2. The number of nitrogens with zero attached hydrogens (tertiary/aromatic N) is 1. The Morgan fingerprint density at radius 3 is 2.64 bits per heavy atom. The average Bonchev–Trinajstić information content (AvgIpc) is 2.63. The van der Waals surface area contributed by atoms with Crippen LogP contribution in [0.3, 0.4) is 0 Å². The van der Waals surface area contributed by atoms with Gasteiger partial charge in [0.1, 0.15) is 5.56 Å². The lowest BCUT2D eigenvalue weighted by molar-refractivity contribution is 0.0527. The van der Waals surface area contributed by atoms with E-state index in [1.54, 1.807) is 13.1 Å².